The number of rotatable bonds is 3. The molecule has 0 unspecified atom stereocenters. The highest BCUT2D eigenvalue weighted by molar-refractivity contribution is 6.04. The van der Waals surface area contributed by atoms with Crippen LogP contribution in [0.15, 0.2) is 54.6 Å². The monoisotopic (exact) mass is 266 g/mol. The molecule has 0 atom stereocenters. The van der Waals surface area contributed by atoms with Crippen LogP contribution in [0.1, 0.15) is 20.7 Å². The maximum Gasteiger partial charge on any atom is 0.352 e. The van der Waals surface area contributed by atoms with Gasteiger partial charge in [-0.15, -0.1) is 0 Å². The second-order valence-corrected chi connectivity index (χ2v) is 3.76. The maximum absolute atomic E-state index is 12.1. The highest BCUT2D eigenvalue weighted by Gasteiger charge is 2.19. The standard InChI is InChI=1S/C16H10O4/c1-2-19-15(17)13-10-6-7-11-14(13)16(18)20-12-8-4-3-5-9-12/h1,3-11H. The van der Waals surface area contributed by atoms with Gasteiger partial charge in [0.1, 0.15) is 11.9 Å². The summed E-state index contributed by atoms with van der Waals surface area (Å²) in [5.41, 5.74) is 0.156. The van der Waals surface area contributed by atoms with Crippen molar-refractivity contribution in [2.75, 3.05) is 0 Å². The molecule has 0 amide bonds. The number of hydrogen-bond acceptors (Lipinski definition) is 4. The minimum Gasteiger partial charge on any atom is -0.423 e. The highest BCUT2D eigenvalue weighted by Crippen LogP contribution is 2.15. The van der Waals surface area contributed by atoms with Crippen LogP contribution in [0.4, 0.5) is 0 Å². The van der Waals surface area contributed by atoms with Crippen LogP contribution < -0.4 is 4.74 Å². The Morgan fingerprint density at radius 1 is 0.850 bits per heavy atom. The molecular formula is C16H10O4. The number of para-hydroxylation sites is 1. The Hall–Kier alpha value is -3.06. The van der Waals surface area contributed by atoms with Gasteiger partial charge in [-0.3, -0.25) is 0 Å². The van der Waals surface area contributed by atoms with Crippen LogP contribution in [0.25, 0.3) is 0 Å². The predicted molar refractivity (Wildman–Crippen MR) is 72.1 cm³/mol. The Bertz CT molecular complexity index is 668. The summed E-state index contributed by atoms with van der Waals surface area (Å²) in [6, 6.07) is 14.7. The van der Waals surface area contributed by atoms with Crippen molar-refractivity contribution in [1.82, 2.24) is 0 Å². The Labute approximate surface area is 115 Å². The lowest BCUT2D eigenvalue weighted by molar-refractivity contribution is 0.0664. The molecule has 0 fully saturated rings. The summed E-state index contributed by atoms with van der Waals surface area (Å²) in [6.45, 7) is 0. The Morgan fingerprint density at radius 3 is 2.00 bits per heavy atom. The van der Waals surface area contributed by atoms with Crippen molar-refractivity contribution in [3.63, 3.8) is 0 Å². The molecule has 0 bridgehead atoms. The molecule has 98 valence electrons. The van der Waals surface area contributed by atoms with Gasteiger partial charge < -0.3 is 9.47 Å². The first kappa shape index (κ1) is 13.4. The summed E-state index contributed by atoms with van der Waals surface area (Å²) < 4.78 is 9.62. The van der Waals surface area contributed by atoms with E-state index in [2.05, 4.69) is 4.74 Å². The van der Waals surface area contributed by atoms with Crippen LogP contribution in [0.5, 0.6) is 5.75 Å². The van der Waals surface area contributed by atoms with Crippen LogP contribution in [-0.4, -0.2) is 11.9 Å². The lowest BCUT2D eigenvalue weighted by Crippen LogP contribution is -2.14. The number of carbonyl (C=O) groups excluding carboxylic acids is 2. The Balaban J connectivity index is 2.27. The number of hydrogen-bond donors (Lipinski definition) is 0. The van der Waals surface area contributed by atoms with E-state index in [1.54, 1.807) is 48.6 Å². The number of benzene rings is 2. The zero-order valence-corrected chi connectivity index (χ0v) is 10.4. The van der Waals surface area contributed by atoms with Crippen molar-refractivity contribution in [3.05, 3.63) is 65.7 Å². The predicted octanol–water partition coefficient (Wildman–Crippen LogP) is 2.65. The zero-order valence-electron chi connectivity index (χ0n) is 10.4. The molecular weight excluding hydrogens is 256 g/mol. The molecule has 2 aromatic carbocycles. The van der Waals surface area contributed by atoms with Gasteiger partial charge in [0.05, 0.1) is 11.1 Å². The van der Waals surface area contributed by atoms with Gasteiger partial charge in [-0.25, -0.2) is 9.59 Å². The van der Waals surface area contributed by atoms with E-state index >= 15 is 0 Å². The van der Waals surface area contributed by atoms with Gasteiger partial charge in [0.2, 0.25) is 0 Å². The molecule has 0 aliphatic carbocycles. The summed E-state index contributed by atoms with van der Waals surface area (Å²) in [6.07, 6.45) is 6.69. The van der Waals surface area contributed by atoms with E-state index in [4.69, 9.17) is 11.2 Å². The molecule has 0 aliphatic rings. The third-order valence-electron chi connectivity index (χ3n) is 2.47. The molecule has 0 N–H and O–H groups in total. The zero-order chi connectivity index (χ0) is 14.4. The van der Waals surface area contributed by atoms with Gasteiger partial charge in [-0.1, -0.05) is 36.8 Å². The smallest absolute Gasteiger partial charge is 0.352 e. The lowest BCUT2D eigenvalue weighted by atomic mass is 10.1. The minimum atomic E-state index is -0.770. The molecule has 2 aromatic rings. The fourth-order valence-electron chi connectivity index (χ4n) is 1.60. The topological polar surface area (TPSA) is 52.6 Å². The largest absolute Gasteiger partial charge is 0.423 e. The van der Waals surface area contributed by atoms with Crippen LogP contribution in [0.3, 0.4) is 0 Å². The van der Waals surface area contributed by atoms with E-state index in [0.29, 0.717) is 5.75 Å². The minimum absolute atomic E-state index is 0.0615. The molecule has 0 radical (unpaired) electrons. The second-order valence-electron chi connectivity index (χ2n) is 3.76. The van der Waals surface area contributed by atoms with Crippen LogP contribution in [0, 0.1) is 12.5 Å². The van der Waals surface area contributed by atoms with Crippen LogP contribution in [-0.2, 0) is 4.74 Å². The van der Waals surface area contributed by atoms with Crippen molar-refractivity contribution < 1.29 is 19.1 Å². The third kappa shape index (κ3) is 3.03. The van der Waals surface area contributed by atoms with Gasteiger partial charge >= 0.3 is 11.9 Å². The summed E-state index contributed by atoms with van der Waals surface area (Å²) in [4.78, 5) is 23.7. The fraction of sp³-hybridized carbons (Fsp3) is 0. The van der Waals surface area contributed by atoms with Crippen molar-refractivity contribution in [2.24, 2.45) is 0 Å². The first-order chi connectivity index (χ1) is 9.72. The Kier molecular flexibility index (Phi) is 4.15. The van der Waals surface area contributed by atoms with E-state index < -0.39 is 11.9 Å². The molecule has 0 aliphatic heterocycles. The molecule has 0 saturated carbocycles. The summed E-state index contributed by atoms with van der Waals surface area (Å²) in [7, 11) is 0. The van der Waals surface area contributed by atoms with E-state index in [1.807, 2.05) is 0 Å². The summed E-state index contributed by atoms with van der Waals surface area (Å²) in [5, 5.41) is 0. The quantitative estimate of drug-likeness (QED) is 0.487. The Morgan fingerprint density at radius 2 is 1.40 bits per heavy atom. The number of terminal acetylenes is 1. The second kappa shape index (κ2) is 6.21. The molecule has 2 rings (SSSR count). The summed E-state index contributed by atoms with van der Waals surface area (Å²) >= 11 is 0. The lowest BCUT2D eigenvalue weighted by Gasteiger charge is -2.07. The molecule has 20 heavy (non-hydrogen) atoms. The normalized spacial score (nSPS) is 9.35. The van der Waals surface area contributed by atoms with Crippen molar-refractivity contribution in [1.29, 1.82) is 0 Å². The van der Waals surface area contributed by atoms with E-state index in [9.17, 15) is 9.59 Å². The van der Waals surface area contributed by atoms with Gasteiger partial charge in [0, 0.05) is 0 Å². The maximum atomic E-state index is 12.1. The number of esters is 2. The first-order valence-electron chi connectivity index (χ1n) is 5.75. The van der Waals surface area contributed by atoms with Gasteiger partial charge in [-0.2, -0.15) is 0 Å². The van der Waals surface area contributed by atoms with Gasteiger partial charge in [0.25, 0.3) is 0 Å². The van der Waals surface area contributed by atoms with Crippen LogP contribution >= 0.6 is 0 Å². The molecule has 0 saturated heterocycles. The third-order valence-corrected chi connectivity index (χ3v) is 2.47. The molecule has 4 heteroatoms. The average Bonchev–Trinajstić information content (AvgIpc) is 2.48. The number of ether oxygens (including phenoxy) is 2. The molecule has 0 aromatic heterocycles. The highest BCUT2D eigenvalue weighted by atomic mass is 16.5. The first-order valence-corrected chi connectivity index (χ1v) is 5.75. The van der Waals surface area contributed by atoms with E-state index in [-0.39, 0.29) is 11.1 Å². The van der Waals surface area contributed by atoms with E-state index in [0.717, 1.165) is 0 Å². The number of carbonyl (C=O) groups is 2. The molecule has 0 heterocycles. The van der Waals surface area contributed by atoms with Crippen LogP contribution in [0.2, 0.25) is 0 Å². The van der Waals surface area contributed by atoms with Crippen molar-refractivity contribution in [2.45, 2.75) is 0 Å². The molecule has 0 spiro atoms. The average molecular weight is 266 g/mol. The van der Waals surface area contributed by atoms with Gasteiger partial charge in [-0.05, 0) is 24.3 Å². The van der Waals surface area contributed by atoms with E-state index in [1.165, 1.54) is 12.1 Å². The SMILES string of the molecule is C#COC(=O)c1ccccc1C(=O)Oc1ccccc1. The summed E-state index contributed by atoms with van der Waals surface area (Å²) in [5.74, 6) is -1.04. The van der Waals surface area contributed by atoms with Crippen molar-refractivity contribution >= 4 is 11.9 Å². The fourth-order valence-corrected chi connectivity index (χ4v) is 1.60. The van der Waals surface area contributed by atoms with Gasteiger partial charge in [0.15, 0.2) is 0 Å². The van der Waals surface area contributed by atoms with Crippen molar-refractivity contribution in [3.8, 4) is 18.3 Å². The molecule has 4 nitrogen and oxygen atoms in total.